The van der Waals surface area contributed by atoms with E-state index in [0.29, 0.717) is 0 Å². The molecule has 0 bridgehead atoms. The van der Waals surface area contributed by atoms with E-state index in [0.717, 1.165) is 12.0 Å². The van der Waals surface area contributed by atoms with Gasteiger partial charge in [0.15, 0.2) is 0 Å². The van der Waals surface area contributed by atoms with E-state index in [1.165, 1.54) is 11.1 Å². The van der Waals surface area contributed by atoms with Crippen molar-refractivity contribution < 1.29 is 0 Å². The highest BCUT2D eigenvalue weighted by atomic mass is 14.7. The van der Waals surface area contributed by atoms with Gasteiger partial charge in [0.2, 0.25) is 0 Å². The molecule has 0 radical (unpaired) electrons. The molecule has 1 rings (SSSR count). The zero-order chi connectivity index (χ0) is 11.1. The first-order valence-electron chi connectivity index (χ1n) is 5.10. The van der Waals surface area contributed by atoms with E-state index in [4.69, 9.17) is 0 Å². The molecule has 1 aromatic rings. The summed E-state index contributed by atoms with van der Waals surface area (Å²) in [5.74, 6) is 0. The molecule has 0 aliphatic heterocycles. The van der Waals surface area contributed by atoms with Crippen LogP contribution in [0.25, 0.3) is 0 Å². The monoisotopic (exact) mass is 199 g/mol. The van der Waals surface area contributed by atoms with Gasteiger partial charge in [-0.1, -0.05) is 42.5 Å². The largest absolute Gasteiger partial charge is 0.265 e. The van der Waals surface area contributed by atoms with Gasteiger partial charge in [-0.25, -0.2) is 0 Å². The molecular weight excluding hydrogens is 182 g/mol. The maximum absolute atomic E-state index is 4.10. The Morgan fingerprint density at radius 3 is 2.60 bits per heavy atom. The van der Waals surface area contributed by atoms with Crippen molar-refractivity contribution in [3.8, 4) is 0 Å². The highest BCUT2D eigenvalue weighted by molar-refractivity contribution is 5.78. The summed E-state index contributed by atoms with van der Waals surface area (Å²) in [5.41, 5.74) is 3.58. The molecule has 0 saturated heterocycles. The van der Waals surface area contributed by atoms with Gasteiger partial charge in [-0.2, -0.15) is 0 Å². The maximum Gasteiger partial charge on any atom is 0.0297 e. The summed E-state index contributed by atoms with van der Waals surface area (Å²) < 4.78 is 0. The Bertz CT molecular complexity index is 369. The van der Waals surface area contributed by atoms with E-state index in [1.807, 2.05) is 13.0 Å². The Morgan fingerprint density at radius 2 is 2.00 bits per heavy atom. The zero-order valence-corrected chi connectivity index (χ0v) is 9.40. The second-order valence-electron chi connectivity index (χ2n) is 3.58. The average molecular weight is 199 g/mol. The minimum absolute atomic E-state index is 0.862. The molecule has 0 aromatic heterocycles. The lowest BCUT2D eigenvalue weighted by molar-refractivity contribution is 1.22. The normalized spacial score (nSPS) is 11.3. The van der Waals surface area contributed by atoms with Gasteiger partial charge in [-0.3, -0.25) is 4.99 Å². The van der Waals surface area contributed by atoms with Crippen LogP contribution in [0.3, 0.4) is 0 Å². The molecule has 1 nitrogen and oxygen atoms in total. The van der Waals surface area contributed by atoms with Gasteiger partial charge < -0.3 is 0 Å². The predicted molar refractivity (Wildman–Crippen MR) is 67.3 cm³/mol. The van der Waals surface area contributed by atoms with Gasteiger partial charge in [0.1, 0.15) is 0 Å². The second kappa shape index (κ2) is 5.97. The Morgan fingerprint density at radius 1 is 1.33 bits per heavy atom. The van der Waals surface area contributed by atoms with Crippen molar-refractivity contribution in [1.82, 2.24) is 0 Å². The first-order valence-corrected chi connectivity index (χ1v) is 5.10. The third-order valence-corrected chi connectivity index (χ3v) is 2.04. The van der Waals surface area contributed by atoms with Gasteiger partial charge >= 0.3 is 0 Å². The molecule has 0 aliphatic carbocycles. The molecule has 0 saturated carbocycles. The van der Waals surface area contributed by atoms with Crippen LogP contribution in [-0.4, -0.2) is 6.21 Å². The van der Waals surface area contributed by atoms with Crippen molar-refractivity contribution in [2.75, 3.05) is 0 Å². The summed E-state index contributed by atoms with van der Waals surface area (Å²) >= 11 is 0. The molecule has 0 heterocycles. The van der Waals surface area contributed by atoms with E-state index in [1.54, 1.807) is 12.4 Å². The molecule has 0 amide bonds. The third kappa shape index (κ3) is 4.41. The van der Waals surface area contributed by atoms with Gasteiger partial charge in [-0.05, 0) is 31.4 Å². The maximum atomic E-state index is 4.10. The van der Waals surface area contributed by atoms with Gasteiger partial charge in [0, 0.05) is 12.4 Å². The number of hydrogen-bond donors (Lipinski definition) is 0. The van der Waals surface area contributed by atoms with Crippen LogP contribution in [0.2, 0.25) is 0 Å². The Kier molecular flexibility index (Phi) is 4.55. The van der Waals surface area contributed by atoms with Crippen molar-refractivity contribution >= 4 is 6.21 Å². The number of nitrogens with zero attached hydrogens (tertiary/aromatic N) is 1. The molecule has 1 heteroatoms. The molecule has 0 N–H and O–H groups in total. The van der Waals surface area contributed by atoms with Crippen LogP contribution in [0.1, 0.15) is 18.1 Å². The fraction of sp³-hybridized carbons (Fsp3) is 0.214. The summed E-state index contributed by atoms with van der Waals surface area (Å²) in [6, 6.07) is 8.49. The van der Waals surface area contributed by atoms with E-state index in [9.17, 15) is 0 Å². The third-order valence-electron chi connectivity index (χ3n) is 2.04. The minimum atomic E-state index is 0.862. The quantitative estimate of drug-likeness (QED) is 0.656. The van der Waals surface area contributed by atoms with Crippen LogP contribution in [-0.2, 0) is 6.42 Å². The number of rotatable bonds is 4. The molecule has 0 unspecified atom stereocenters. The lowest BCUT2D eigenvalue weighted by atomic mass is 10.1. The van der Waals surface area contributed by atoms with Gasteiger partial charge in [0.05, 0.1) is 0 Å². The Balaban J connectivity index is 2.55. The minimum Gasteiger partial charge on any atom is -0.265 e. The lowest BCUT2D eigenvalue weighted by Gasteiger charge is -2.00. The molecule has 0 spiro atoms. The summed E-state index contributed by atoms with van der Waals surface area (Å²) in [6.45, 7) is 7.99. The predicted octanol–water partition coefficient (Wildman–Crippen LogP) is 3.70. The van der Waals surface area contributed by atoms with Crippen molar-refractivity contribution in [2.24, 2.45) is 4.99 Å². The fourth-order valence-corrected chi connectivity index (χ4v) is 1.25. The molecule has 78 valence electrons. The number of benzene rings is 1. The summed E-state index contributed by atoms with van der Waals surface area (Å²) in [7, 11) is 0. The smallest absolute Gasteiger partial charge is 0.0297 e. The van der Waals surface area contributed by atoms with E-state index < -0.39 is 0 Å². The van der Waals surface area contributed by atoms with Crippen molar-refractivity contribution in [3.63, 3.8) is 0 Å². The summed E-state index contributed by atoms with van der Waals surface area (Å²) in [6.07, 6.45) is 6.33. The van der Waals surface area contributed by atoms with E-state index >= 15 is 0 Å². The number of hydrogen-bond acceptors (Lipinski definition) is 1. The first kappa shape index (κ1) is 11.4. The van der Waals surface area contributed by atoms with Gasteiger partial charge in [0.25, 0.3) is 0 Å². The Labute approximate surface area is 91.9 Å². The lowest BCUT2D eigenvalue weighted by Crippen LogP contribution is -1.90. The highest BCUT2D eigenvalue weighted by Crippen LogP contribution is 2.07. The summed E-state index contributed by atoms with van der Waals surface area (Å²) in [4.78, 5) is 4.10. The molecule has 0 atom stereocenters. The van der Waals surface area contributed by atoms with Crippen molar-refractivity contribution in [2.45, 2.75) is 20.3 Å². The molecule has 15 heavy (non-hydrogen) atoms. The highest BCUT2D eigenvalue weighted by Gasteiger charge is 1.94. The average Bonchev–Trinajstić information content (AvgIpc) is 2.22. The van der Waals surface area contributed by atoms with Crippen LogP contribution in [0.4, 0.5) is 0 Å². The second-order valence-corrected chi connectivity index (χ2v) is 3.58. The van der Waals surface area contributed by atoms with Crippen molar-refractivity contribution in [1.29, 1.82) is 0 Å². The molecule has 0 aliphatic rings. The van der Waals surface area contributed by atoms with Crippen LogP contribution >= 0.6 is 0 Å². The standard InChI is InChI=1S/C14H17N/c1-4-9-15-11-13(3)10-14-7-5-12(2)6-8-14/h4-9,11H,3,10H2,1-2H3/b9-4-,15-11?. The number of aliphatic imine (C=N–C) groups is 1. The zero-order valence-electron chi connectivity index (χ0n) is 9.40. The van der Waals surface area contributed by atoms with Gasteiger partial charge in [-0.15, -0.1) is 0 Å². The summed E-state index contributed by atoms with van der Waals surface area (Å²) in [5, 5.41) is 0. The number of aryl methyl sites for hydroxylation is 1. The van der Waals surface area contributed by atoms with E-state index in [2.05, 4.69) is 42.8 Å². The topological polar surface area (TPSA) is 12.4 Å². The van der Waals surface area contributed by atoms with Crippen LogP contribution in [0.5, 0.6) is 0 Å². The SMILES string of the molecule is C=C(C=N/C=C\C)Cc1ccc(C)cc1. The molecule has 0 fully saturated rings. The molecular formula is C14H17N. The van der Waals surface area contributed by atoms with Crippen LogP contribution in [0, 0.1) is 6.92 Å². The van der Waals surface area contributed by atoms with Crippen molar-refractivity contribution in [3.05, 3.63) is 59.8 Å². The fourth-order valence-electron chi connectivity index (χ4n) is 1.25. The van der Waals surface area contributed by atoms with E-state index in [-0.39, 0.29) is 0 Å². The van der Waals surface area contributed by atoms with Crippen LogP contribution < -0.4 is 0 Å². The Hall–Kier alpha value is -1.63. The first-order chi connectivity index (χ1) is 7.22. The molecule has 1 aromatic carbocycles. The number of allylic oxidation sites excluding steroid dienone is 2. The van der Waals surface area contributed by atoms with Crippen LogP contribution in [0.15, 0.2) is 53.7 Å².